The molecule has 1 saturated carbocycles. The number of carbonyl (C=O) groups is 1. The normalized spacial score (nSPS) is 27.7. The number of thiazole rings is 1. The predicted octanol–water partition coefficient (Wildman–Crippen LogP) is 3.08. The number of carboxylic acids is 1. The molecule has 2 fully saturated rings. The highest BCUT2D eigenvalue weighted by Crippen LogP contribution is 2.40. The van der Waals surface area contributed by atoms with Crippen molar-refractivity contribution in [3.8, 4) is 6.07 Å². The summed E-state index contributed by atoms with van der Waals surface area (Å²) in [5.74, 6) is 0.0698. The fourth-order valence-electron chi connectivity index (χ4n) is 5.05. The SMILES string of the molecule is CC1=CCN(Nc2ncc(C#N)s2)C([C@@H]2C(C3CCCCC3)CNC[C@@H]2C(=O)O)=N1. The molecule has 8 nitrogen and oxygen atoms in total. The predicted molar refractivity (Wildman–Crippen MR) is 116 cm³/mol. The zero-order valence-electron chi connectivity index (χ0n) is 17.2. The lowest BCUT2D eigenvalue weighted by Gasteiger charge is -2.45. The first kappa shape index (κ1) is 20.8. The summed E-state index contributed by atoms with van der Waals surface area (Å²) in [4.78, 5) is 21.9. The summed E-state index contributed by atoms with van der Waals surface area (Å²) < 4.78 is 0. The van der Waals surface area contributed by atoms with Crippen LogP contribution in [0.2, 0.25) is 0 Å². The minimum Gasteiger partial charge on any atom is -0.481 e. The number of hydrogen-bond acceptors (Lipinski definition) is 8. The van der Waals surface area contributed by atoms with Gasteiger partial charge in [-0.05, 0) is 31.4 Å². The van der Waals surface area contributed by atoms with Gasteiger partial charge < -0.3 is 10.4 Å². The van der Waals surface area contributed by atoms with Crippen LogP contribution in [0.5, 0.6) is 0 Å². The molecule has 0 spiro atoms. The lowest BCUT2D eigenvalue weighted by atomic mass is 9.67. The molecule has 160 valence electrons. The van der Waals surface area contributed by atoms with E-state index in [0.29, 0.717) is 29.0 Å². The van der Waals surface area contributed by atoms with Gasteiger partial charge in [-0.1, -0.05) is 43.4 Å². The van der Waals surface area contributed by atoms with E-state index in [1.54, 1.807) is 6.20 Å². The van der Waals surface area contributed by atoms with Crippen LogP contribution in [-0.2, 0) is 4.79 Å². The summed E-state index contributed by atoms with van der Waals surface area (Å²) in [6, 6.07) is 2.11. The van der Waals surface area contributed by atoms with Crippen molar-refractivity contribution in [2.24, 2.45) is 28.7 Å². The molecule has 0 bridgehead atoms. The van der Waals surface area contributed by atoms with Crippen LogP contribution in [0, 0.1) is 35.0 Å². The molecule has 9 heteroatoms. The van der Waals surface area contributed by atoms with E-state index in [9.17, 15) is 9.90 Å². The Morgan fingerprint density at radius 1 is 1.37 bits per heavy atom. The summed E-state index contributed by atoms with van der Waals surface area (Å²) in [6.07, 6.45) is 9.58. The number of nitriles is 1. The molecule has 3 aliphatic rings. The number of aliphatic imine (C=N–C) groups is 1. The van der Waals surface area contributed by atoms with Gasteiger partial charge in [0.15, 0.2) is 0 Å². The minimum atomic E-state index is -0.774. The molecule has 3 N–H and O–H groups in total. The van der Waals surface area contributed by atoms with Crippen molar-refractivity contribution in [3.63, 3.8) is 0 Å². The van der Waals surface area contributed by atoms with Gasteiger partial charge in [0.05, 0.1) is 18.7 Å². The average molecular weight is 429 g/mol. The van der Waals surface area contributed by atoms with E-state index >= 15 is 0 Å². The molecule has 1 saturated heterocycles. The van der Waals surface area contributed by atoms with Gasteiger partial charge in [0, 0.05) is 18.2 Å². The number of nitrogens with zero attached hydrogens (tertiary/aromatic N) is 4. The van der Waals surface area contributed by atoms with Crippen molar-refractivity contribution in [2.75, 3.05) is 25.1 Å². The highest BCUT2D eigenvalue weighted by Gasteiger charge is 2.46. The Bertz CT molecular complexity index is 882. The van der Waals surface area contributed by atoms with E-state index in [-0.39, 0.29) is 11.8 Å². The van der Waals surface area contributed by atoms with Crippen LogP contribution in [0.25, 0.3) is 0 Å². The van der Waals surface area contributed by atoms with Crippen LogP contribution in [0.1, 0.15) is 43.9 Å². The van der Waals surface area contributed by atoms with Crippen LogP contribution in [0.3, 0.4) is 0 Å². The molecule has 3 heterocycles. The second kappa shape index (κ2) is 9.14. The third-order valence-corrected chi connectivity index (χ3v) is 7.30. The maximum atomic E-state index is 12.2. The largest absolute Gasteiger partial charge is 0.481 e. The molecule has 30 heavy (non-hydrogen) atoms. The number of aromatic nitrogens is 1. The van der Waals surface area contributed by atoms with Crippen LogP contribution >= 0.6 is 11.3 Å². The maximum absolute atomic E-state index is 12.2. The van der Waals surface area contributed by atoms with E-state index in [2.05, 4.69) is 21.8 Å². The van der Waals surface area contributed by atoms with Gasteiger partial charge in [-0.25, -0.2) is 9.98 Å². The fraction of sp³-hybridized carbons (Fsp3) is 0.619. The lowest BCUT2D eigenvalue weighted by Crippen LogP contribution is -2.56. The summed E-state index contributed by atoms with van der Waals surface area (Å²) in [7, 11) is 0. The first-order valence-electron chi connectivity index (χ1n) is 10.7. The van der Waals surface area contributed by atoms with Crippen LogP contribution in [0.4, 0.5) is 5.13 Å². The van der Waals surface area contributed by atoms with Gasteiger partial charge in [-0.3, -0.25) is 15.2 Å². The molecule has 0 aromatic carbocycles. The third-order valence-electron chi connectivity index (χ3n) is 6.49. The Kier molecular flexibility index (Phi) is 6.35. The number of anilines is 1. The Labute approximate surface area is 180 Å². The van der Waals surface area contributed by atoms with Crippen molar-refractivity contribution in [3.05, 3.63) is 22.8 Å². The van der Waals surface area contributed by atoms with Crippen molar-refractivity contribution in [1.29, 1.82) is 5.26 Å². The Hall–Kier alpha value is -2.44. The van der Waals surface area contributed by atoms with Crippen LogP contribution in [-0.4, -0.2) is 46.5 Å². The number of piperidine rings is 1. The zero-order valence-corrected chi connectivity index (χ0v) is 18.0. The topological polar surface area (TPSA) is 114 Å². The first-order valence-corrected chi connectivity index (χ1v) is 11.5. The third kappa shape index (κ3) is 4.35. The highest BCUT2D eigenvalue weighted by molar-refractivity contribution is 7.16. The number of aliphatic carboxylic acids is 1. The highest BCUT2D eigenvalue weighted by atomic mass is 32.1. The standard InChI is InChI=1S/C21H28N6O2S/c1-13-7-8-27(26-21-24-10-15(9-22)30-21)19(25-13)18-16(14-5-3-2-4-6-14)11-23-12-17(18)20(28)29/h7,10,14,16-18,23H,2-6,8,11-12H2,1H3,(H,24,26)(H,28,29)/t16?,17-,18+/m0/s1. The molecular weight excluding hydrogens is 400 g/mol. The Morgan fingerprint density at radius 3 is 2.87 bits per heavy atom. The Morgan fingerprint density at radius 2 is 2.17 bits per heavy atom. The Balaban J connectivity index is 1.66. The van der Waals surface area contributed by atoms with Crippen molar-refractivity contribution < 1.29 is 9.90 Å². The van der Waals surface area contributed by atoms with E-state index in [1.165, 1.54) is 30.6 Å². The maximum Gasteiger partial charge on any atom is 0.308 e. The fourth-order valence-corrected chi connectivity index (χ4v) is 5.67. The van der Waals surface area contributed by atoms with Gasteiger partial charge in [0.2, 0.25) is 5.13 Å². The molecule has 0 radical (unpaired) electrons. The lowest BCUT2D eigenvalue weighted by molar-refractivity contribution is -0.144. The van der Waals surface area contributed by atoms with Gasteiger partial charge >= 0.3 is 5.97 Å². The summed E-state index contributed by atoms with van der Waals surface area (Å²) >= 11 is 1.28. The second-order valence-corrected chi connectivity index (χ2v) is 9.40. The molecule has 2 aliphatic heterocycles. The summed E-state index contributed by atoms with van der Waals surface area (Å²) in [5, 5.41) is 25.1. The molecule has 1 aromatic heterocycles. The molecule has 1 unspecified atom stereocenters. The molecule has 4 rings (SSSR count). The number of hydrazine groups is 1. The number of nitrogens with one attached hydrogen (secondary N) is 2. The van der Waals surface area contributed by atoms with E-state index < -0.39 is 11.9 Å². The molecule has 1 aromatic rings. The monoisotopic (exact) mass is 428 g/mol. The molecule has 1 aliphatic carbocycles. The number of amidine groups is 1. The number of carboxylic acid groups (broad SMARTS) is 1. The average Bonchev–Trinajstić information content (AvgIpc) is 3.22. The number of rotatable bonds is 5. The molecular formula is C21H28N6O2S. The zero-order chi connectivity index (χ0) is 21.1. The smallest absolute Gasteiger partial charge is 0.308 e. The van der Waals surface area contributed by atoms with E-state index in [0.717, 1.165) is 30.9 Å². The second-order valence-electron chi connectivity index (χ2n) is 8.37. The summed E-state index contributed by atoms with van der Waals surface area (Å²) in [5.41, 5.74) is 4.19. The van der Waals surface area contributed by atoms with Crippen LogP contribution in [0.15, 0.2) is 23.0 Å². The van der Waals surface area contributed by atoms with Gasteiger partial charge in [0.1, 0.15) is 16.8 Å². The minimum absolute atomic E-state index is 0.168. The van der Waals surface area contributed by atoms with Crippen LogP contribution < -0.4 is 10.7 Å². The molecule has 0 amide bonds. The van der Waals surface area contributed by atoms with Gasteiger partial charge in [-0.15, -0.1) is 0 Å². The number of hydrogen-bond donors (Lipinski definition) is 3. The van der Waals surface area contributed by atoms with Gasteiger partial charge in [-0.2, -0.15) is 5.26 Å². The van der Waals surface area contributed by atoms with E-state index in [1.807, 2.05) is 18.0 Å². The van der Waals surface area contributed by atoms with Crippen molar-refractivity contribution >= 4 is 28.3 Å². The van der Waals surface area contributed by atoms with Crippen molar-refractivity contribution in [2.45, 2.75) is 39.0 Å². The van der Waals surface area contributed by atoms with Crippen molar-refractivity contribution in [1.82, 2.24) is 15.3 Å². The summed E-state index contributed by atoms with van der Waals surface area (Å²) in [6.45, 7) is 3.82. The van der Waals surface area contributed by atoms with Gasteiger partial charge in [0.25, 0.3) is 0 Å². The number of allylic oxidation sites excluding steroid dienone is 1. The quantitative estimate of drug-likeness (QED) is 0.660. The molecule has 3 atom stereocenters. The first-order chi connectivity index (χ1) is 14.6. The van der Waals surface area contributed by atoms with E-state index in [4.69, 9.17) is 10.3 Å².